The summed E-state index contributed by atoms with van der Waals surface area (Å²) in [4.78, 5) is 0. The third kappa shape index (κ3) is 2.80. The van der Waals surface area contributed by atoms with Crippen LogP contribution in [0, 0.1) is 5.41 Å². The van der Waals surface area contributed by atoms with E-state index in [2.05, 4.69) is 0 Å². The Bertz CT molecular complexity index is 683. The zero-order chi connectivity index (χ0) is 18.4. The van der Waals surface area contributed by atoms with Crippen molar-refractivity contribution in [1.82, 2.24) is 0 Å². The highest BCUT2D eigenvalue weighted by atomic mass is 19.4. The number of ether oxygens (including phenoxy) is 1. The van der Waals surface area contributed by atoms with Crippen LogP contribution in [0.2, 0.25) is 0 Å². The number of alkyl halides is 6. The summed E-state index contributed by atoms with van der Waals surface area (Å²) in [5.74, 6) is -0.460. The summed E-state index contributed by atoms with van der Waals surface area (Å²) < 4.78 is 86.4. The van der Waals surface area contributed by atoms with Crippen molar-refractivity contribution in [2.45, 2.75) is 38.7 Å². The maximum atomic E-state index is 13.6. The average molecular weight is 350 g/mol. The molecule has 0 radical (unpaired) electrons. The van der Waals surface area contributed by atoms with Gasteiger partial charge in [0.25, 0.3) is 0 Å². The topological polar surface area (TPSA) is 9.23 Å². The maximum Gasteiger partial charge on any atom is 0.438 e. The second-order valence-electron chi connectivity index (χ2n) is 6.51. The van der Waals surface area contributed by atoms with E-state index in [-0.39, 0.29) is 5.39 Å². The standard InChI is InChI=1S/C17H16F6O/c1-14(2,3)15(16(18,19)20,17(21,22)23)24-13-10-6-8-11-7-4-5-9-12(11)13/h4-10H,1-3H3. The first-order chi connectivity index (χ1) is 10.8. The van der Waals surface area contributed by atoms with Crippen molar-refractivity contribution in [2.24, 2.45) is 5.41 Å². The molecule has 0 bridgehead atoms. The zero-order valence-corrected chi connectivity index (χ0v) is 13.2. The van der Waals surface area contributed by atoms with E-state index < -0.39 is 29.1 Å². The van der Waals surface area contributed by atoms with Crippen LogP contribution in [0.1, 0.15) is 20.8 Å². The van der Waals surface area contributed by atoms with Gasteiger partial charge >= 0.3 is 18.0 Å². The largest absolute Gasteiger partial charge is 0.467 e. The molecule has 0 aliphatic heterocycles. The van der Waals surface area contributed by atoms with Crippen LogP contribution in [0.3, 0.4) is 0 Å². The van der Waals surface area contributed by atoms with Crippen LogP contribution in [0.5, 0.6) is 5.75 Å². The lowest BCUT2D eigenvalue weighted by Gasteiger charge is -2.46. The average Bonchev–Trinajstić information content (AvgIpc) is 2.40. The maximum absolute atomic E-state index is 13.6. The van der Waals surface area contributed by atoms with E-state index in [0.29, 0.717) is 5.39 Å². The van der Waals surface area contributed by atoms with Crippen LogP contribution < -0.4 is 4.74 Å². The highest BCUT2D eigenvalue weighted by Crippen LogP contribution is 2.55. The molecule has 0 aromatic heterocycles. The van der Waals surface area contributed by atoms with E-state index in [1.807, 2.05) is 0 Å². The van der Waals surface area contributed by atoms with E-state index in [1.165, 1.54) is 18.2 Å². The number of hydrogen-bond donors (Lipinski definition) is 0. The zero-order valence-electron chi connectivity index (χ0n) is 13.2. The molecule has 0 atom stereocenters. The summed E-state index contributed by atoms with van der Waals surface area (Å²) in [6.07, 6.45) is -11.3. The van der Waals surface area contributed by atoms with Crippen molar-refractivity contribution in [2.75, 3.05) is 0 Å². The van der Waals surface area contributed by atoms with Crippen LogP contribution in [0.25, 0.3) is 10.8 Å². The van der Waals surface area contributed by atoms with Crippen molar-refractivity contribution in [3.63, 3.8) is 0 Å². The fourth-order valence-corrected chi connectivity index (χ4v) is 2.73. The molecule has 132 valence electrons. The minimum Gasteiger partial charge on any atom is -0.467 e. The van der Waals surface area contributed by atoms with E-state index >= 15 is 0 Å². The number of halogens is 6. The molecule has 0 saturated heterocycles. The molecule has 24 heavy (non-hydrogen) atoms. The fourth-order valence-electron chi connectivity index (χ4n) is 2.73. The highest BCUT2D eigenvalue weighted by molar-refractivity contribution is 5.88. The quantitative estimate of drug-likeness (QED) is 0.592. The van der Waals surface area contributed by atoms with Crippen LogP contribution in [0.15, 0.2) is 42.5 Å². The Morgan fingerprint density at radius 2 is 1.21 bits per heavy atom. The molecule has 2 aromatic carbocycles. The van der Waals surface area contributed by atoms with Crippen LogP contribution in [-0.4, -0.2) is 18.0 Å². The van der Waals surface area contributed by atoms with Gasteiger partial charge in [-0.25, -0.2) is 0 Å². The van der Waals surface area contributed by atoms with E-state index in [4.69, 9.17) is 4.74 Å². The van der Waals surface area contributed by atoms with Crippen LogP contribution in [0.4, 0.5) is 26.3 Å². The summed E-state index contributed by atoms with van der Waals surface area (Å²) in [6.45, 7) is 2.58. The minimum absolute atomic E-state index is 0.183. The molecule has 0 heterocycles. The molecular weight excluding hydrogens is 334 g/mol. The number of benzene rings is 2. The molecule has 0 unspecified atom stereocenters. The lowest BCUT2D eigenvalue weighted by Crippen LogP contribution is -2.68. The SMILES string of the molecule is CC(C)(C)C(Oc1cccc2ccccc12)(C(F)(F)F)C(F)(F)F. The van der Waals surface area contributed by atoms with Gasteiger partial charge < -0.3 is 4.74 Å². The van der Waals surface area contributed by atoms with Crippen LogP contribution in [-0.2, 0) is 0 Å². The van der Waals surface area contributed by atoms with E-state index in [0.717, 1.165) is 26.8 Å². The molecule has 1 nitrogen and oxygen atoms in total. The number of hydrogen-bond acceptors (Lipinski definition) is 1. The first-order valence-electron chi connectivity index (χ1n) is 7.11. The van der Waals surface area contributed by atoms with Crippen molar-refractivity contribution < 1.29 is 31.1 Å². The molecule has 0 saturated carbocycles. The van der Waals surface area contributed by atoms with Crippen molar-refractivity contribution in [1.29, 1.82) is 0 Å². The highest BCUT2D eigenvalue weighted by Gasteiger charge is 2.78. The molecule has 0 amide bonds. The molecule has 2 aromatic rings. The van der Waals surface area contributed by atoms with Gasteiger partial charge in [-0.15, -0.1) is 0 Å². The Kier molecular flexibility index (Phi) is 4.27. The van der Waals surface area contributed by atoms with Gasteiger partial charge in [0.2, 0.25) is 0 Å². The van der Waals surface area contributed by atoms with Crippen LogP contribution >= 0.6 is 0 Å². The van der Waals surface area contributed by atoms with Gasteiger partial charge in [-0.2, -0.15) is 26.3 Å². The Hall–Kier alpha value is -1.92. The molecule has 2 rings (SSSR count). The molecule has 0 N–H and O–H groups in total. The molecule has 0 spiro atoms. The Morgan fingerprint density at radius 3 is 1.71 bits per heavy atom. The normalized spacial score (nSPS) is 14.0. The first kappa shape index (κ1) is 18.4. The first-order valence-corrected chi connectivity index (χ1v) is 7.11. The van der Waals surface area contributed by atoms with Crippen molar-refractivity contribution >= 4 is 10.8 Å². The van der Waals surface area contributed by atoms with Gasteiger partial charge in [0.05, 0.1) is 0 Å². The molecule has 0 aliphatic rings. The summed E-state index contributed by atoms with van der Waals surface area (Å²) in [5, 5.41) is 0.671. The monoisotopic (exact) mass is 350 g/mol. The smallest absolute Gasteiger partial charge is 0.438 e. The van der Waals surface area contributed by atoms with Gasteiger partial charge in [0.1, 0.15) is 5.75 Å². The van der Waals surface area contributed by atoms with Crippen molar-refractivity contribution in [3.05, 3.63) is 42.5 Å². The van der Waals surface area contributed by atoms with E-state index in [9.17, 15) is 26.3 Å². The van der Waals surface area contributed by atoms with Gasteiger partial charge in [-0.1, -0.05) is 57.2 Å². The molecular formula is C17H16F6O. The summed E-state index contributed by atoms with van der Waals surface area (Å²) in [7, 11) is 0. The second-order valence-corrected chi connectivity index (χ2v) is 6.51. The third-order valence-electron chi connectivity index (χ3n) is 3.87. The van der Waals surface area contributed by atoms with Crippen molar-refractivity contribution in [3.8, 4) is 5.75 Å². The second kappa shape index (κ2) is 5.57. The summed E-state index contributed by atoms with van der Waals surface area (Å²) >= 11 is 0. The Labute approximate surface area is 135 Å². The molecule has 0 aliphatic carbocycles. The lowest BCUT2D eigenvalue weighted by molar-refractivity contribution is -0.386. The predicted molar refractivity (Wildman–Crippen MR) is 78.9 cm³/mol. The molecule has 0 fully saturated rings. The third-order valence-corrected chi connectivity index (χ3v) is 3.87. The van der Waals surface area contributed by atoms with Gasteiger partial charge in [-0.3, -0.25) is 0 Å². The van der Waals surface area contributed by atoms with Gasteiger partial charge in [0.15, 0.2) is 0 Å². The summed E-state index contributed by atoms with van der Waals surface area (Å²) in [6, 6.07) is 10.2. The predicted octanol–water partition coefficient (Wildman–Crippen LogP) is 6.13. The van der Waals surface area contributed by atoms with Gasteiger partial charge in [-0.05, 0) is 11.5 Å². The minimum atomic E-state index is -5.65. The Balaban J connectivity index is 2.74. The number of fused-ring (bicyclic) bond motifs is 1. The fraction of sp³-hybridized carbons (Fsp3) is 0.412. The number of rotatable bonds is 2. The Morgan fingerprint density at radius 1 is 0.708 bits per heavy atom. The lowest BCUT2D eigenvalue weighted by atomic mass is 9.74. The molecule has 7 heteroatoms. The van der Waals surface area contributed by atoms with Gasteiger partial charge in [0, 0.05) is 10.8 Å². The summed E-state index contributed by atoms with van der Waals surface area (Å²) in [5.41, 5.74) is -6.61. The van der Waals surface area contributed by atoms with E-state index in [1.54, 1.807) is 18.2 Å².